The molecule has 0 amide bonds. The summed E-state index contributed by atoms with van der Waals surface area (Å²) in [4.78, 5) is 10.8. The van der Waals surface area contributed by atoms with E-state index in [0.717, 1.165) is 5.56 Å². The maximum Gasteiger partial charge on any atom is 0.335 e. The molecule has 0 aliphatic carbocycles. The summed E-state index contributed by atoms with van der Waals surface area (Å²) >= 11 is 6.03. The molecule has 5 nitrogen and oxygen atoms in total. The maximum absolute atomic E-state index is 10.8. The third-order valence-corrected chi connectivity index (χ3v) is 3.15. The normalized spacial score (nSPS) is 10.8. The average molecular weight is 295 g/mol. The molecule has 2 rings (SSSR count). The number of aromatic nitrogens is 2. The van der Waals surface area contributed by atoms with Gasteiger partial charge in [-0.2, -0.15) is 5.10 Å². The summed E-state index contributed by atoms with van der Waals surface area (Å²) < 4.78 is 7.38. The molecule has 1 heterocycles. The molecule has 0 fully saturated rings. The fraction of sp³-hybridized carbons (Fsp3) is 0.286. The minimum atomic E-state index is -1.00. The first-order valence-electron chi connectivity index (χ1n) is 6.16. The Morgan fingerprint density at radius 3 is 2.80 bits per heavy atom. The fourth-order valence-electron chi connectivity index (χ4n) is 1.64. The summed E-state index contributed by atoms with van der Waals surface area (Å²) in [5.41, 5.74) is 0.889. The average Bonchev–Trinajstić information content (AvgIpc) is 2.86. The van der Waals surface area contributed by atoms with Crippen molar-refractivity contribution < 1.29 is 14.6 Å². The van der Waals surface area contributed by atoms with Crippen LogP contribution in [0.5, 0.6) is 5.75 Å². The van der Waals surface area contributed by atoms with Crippen molar-refractivity contribution in [2.75, 3.05) is 0 Å². The monoisotopic (exact) mass is 294 g/mol. The van der Waals surface area contributed by atoms with E-state index in [0.29, 0.717) is 10.8 Å². The number of ether oxygens (including phenoxy) is 1. The Hall–Kier alpha value is -2.01. The first kappa shape index (κ1) is 14.4. The van der Waals surface area contributed by atoms with Gasteiger partial charge in [-0.05, 0) is 26.0 Å². The number of carboxylic acid groups (broad SMARTS) is 1. The highest BCUT2D eigenvalue weighted by Crippen LogP contribution is 2.21. The number of hydrogen-bond donors (Lipinski definition) is 1. The maximum atomic E-state index is 10.8. The molecule has 1 aromatic carbocycles. The smallest absolute Gasteiger partial charge is 0.335 e. The van der Waals surface area contributed by atoms with Crippen LogP contribution in [0.4, 0.5) is 0 Å². The number of carboxylic acids is 1. The molecule has 1 N–H and O–H groups in total. The van der Waals surface area contributed by atoms with Gasteiger partial charge in [0.05, 0.1) is 18.0 Å². The molecular weight excluding hydrogens is 280 g/mol. The summed E-state index contributed by atoms with van der Waals surface area (Å²) in [7, 11) is 0. The van der Waals surface area contributed by atoms with E-state index in [2.05, 4.69) is 5.10 Å². The minimum absolute atomic E-state index is 0.159. The second-order valence-corrected chi connectivity index (χ2v) is 5.06. The second kappa shape index (κ2) is 5.96. The largest absolute Gasteiger partial charge is 0.486 e. The first-order chi connectivity index (χ1) is 9.47. The molecule has 2 aromatic rings. The zero-order valence-corrected chi connectivity index (χ0v) is 12.0. The van der Waals surface area contributed by atoms with E-state index in [-0.39, 0.29) is 18.2 Å². The van der Waals surface area contributed by atoms with E-state index < -0.39 is 5.97 Å². The Bertz CT molecular complexity index is 623. The Morgan fingerprint density at radius 1 is 1.50 bits per heavy atom. The number of carbonyl (C=O) groups is 1. The number of halogens is 1. The van der Waals surface area contributed by atoms with Crippen molar-refractivity contribution in [2.45, 2.75) is 26.5 Å². The first-order valence-corrected chi connectivity index (χ1v) is 6.54. The van der Waals surface area contributed by atoms with Crippen LogP contribution in [0.1, 0.15) is 35.8 Å². The van der Waals surface area contributed by atoms with Crippen molar-refractivity contribution in [1.29, 1.82) is 0 Å². The predicted molar refractivity (Wildman–Crippen MR) is 75.4 cm³/mol. The van der Waals surface area contributed by atoms with Crippen molar-refractivity contribution in [2.24, 2.45) is 0 Å². The summed E-state index contributed by atoms with van der Waals surface area (Å²) in [6, 6.07) is 4.84. The number of aromatic carboxylic acids is 1. The van der Waals surface area contributed by atoms with Crippen LogP contribution in [0.2, 0.25) is 5.02 Å². The molecule has 0 saturated carbocycles. The summed E-state index contributed by atoms with van der Waals surface area (Å²) in [5.74, 6) is -0.352. The lowest BCUT2D eigenvalue weighted by Gasteiger charge is -2.07. The molecule has 1 aromatic heterocycles. The van der Waals surface area contributed by atoms with Gasteiger partial charge in [-0.25, -0.2) is 4.79 Å². The molecule has 0 atom stereocenters. The third kappa shape index (κ3) is 3.30. The van der Waals surface area contributed by atoms with Crippen molar-refractivity contribution in [3.8, 4) is 5.75 Å². The molecule has 0 saturated heterocycles. The molecule has 20 heavy (non-hydrogen) atoms. The van der Waals surface area contributed by atoms with Crippen LogP contribution in [0.25, 0.3) is 0 Å². The van der Waals surface area contributed by atoms with Gasteiger partial charge in [0.1, 0.15) is 6.61 Å². The molecule has 0 unspecified atom stereocenters. The number of hydrogen-bond acceptors (Lipinski definition) is 3. The molecule has 0 aliphatic heterocycles. The summed E-state index contributed by atoms with van der Waals surface area (Å²) in [6.07, 6.45) is 3.45. The van der Waals surface area contributed by atoms with Crippen LogP contribution in [-0.4, -0.2) is 20.9 Å². The van der Waals surface area contributed by atoms with E-state index >= 15 is 0 Å². The van der Waals surface area contributed by atoms with Gasteiger partial charge < -0.3 is 9.84 Å². The highest BCUT2D eigenvalue weighted by atomic mass is 35.5. The Kier molecular flexibility index (Phi) is 4.29. The van der Waals surface area contributed by atoms with E-state index in [4.69, 9.17) is 21.4 Å². The lowest BCUT2D eigenvalue weighted by Crippen LogP contribution is -2.01. The zero-order chi connectivity index (χ0) is 14.7. The minimum Gasteiger partial charge on any atom is -0.486 e. The lowest BCUT2D eigenvalue weighted by atomic mass is 10.1. The third-order valence-electron chi connectivity index (χ3n) is 2.80. The Balaban J connectivity index is 2.05. The summed E-state index contributed by atoms with van der Waals surface area (Å²) in [6.45, 7) is 4.32. The number of nitrogens with zero attached hydrogens (tertiary/aromatic N) is 2. The van der Waals surface area contributed by atoms with Gasteiger partial charge in [0.2, 0.25) is 0 Å². The van der Waals surface area contributed by atoms with E-state index in [9.17, 15) is 4.79 Å². The van der Waals surface area contributed by atoms with Gasteiger partial charge in [-0.1, -0.05) is 17.7 Å². The fourth-order valence-corrected chi connectivity index (χ4v) is 1.87. The topological polar surface area (TPSA) is 64.3 Å². The summed E-state index contributed by atoms with van der Waals surface area (Å²) in [5, 5.41) is 13.4. The van der Waals surface area contributed by atoms with Gasteiger partial charge in [-0.15, -0.1) is 0 Å². The molecule has 0 bridgehead atoms. The van der Waals surface area contributed by atoms with Crippen LogP contribution in [0, 0.1) is 0 Å². The SMILES string of the molecule is CC(C)n1cc(OCc2ccc(C(=O)O)cc2Cl)cn1. The lowest BCUT2D eigenvalue weighted by molar-refractivity contribution is 0.0697. The molecular formula is C14H15ClN2O3. The molecule has 106 valence electrons. The van der Waals surface area contributed by atoms with Gasteiger partial charge in [0.15, 0.2) is 5.75 Å². The predicted octanol–water partition coefficient (Wildman–Crippen LogP) is 3.39. The van der Waals surface area contributed by atoms with Crippen LogP contribution in [0.3, 0.4) is 0 Å². The van der Waals surface area contributed by atoms with Gasteiger partial charge in [-0.3, -0.25) is 4.68 Å². The Morgan fingerprint density at radius 2 is 2.25 bits per heavy atom. The quantitative estimate of drug-likeness (QED) is 0.918. The van der Waals surface area contributed by atoms with Crippen LogP contribution >= 0.6 is 11.6 Å². The number of benzene rings is 1. The molecule has 0 aliphatic rings. The zero-order valence-electron chi connectivity index (χ0n) is 11.2. The second-order valence-electron chi connectivity index (χ2n) is 4.65. The molecule has 6 heteroatoms. The highest BCUT2D eigenvalue weighted by Gasteiger charge is 2.08. The van der Waals surface area contributed by atoms with E-state index in [1.807, 2.05) is 20.0 Å². The van der Waals surface area contributed by atoms with Gasteiger partial charge >= 0.3 is 5.97 Å². The van der Waals surface area contributed by atoms with E-state index in [1.54, 1.807) is 16.9 Å². The van der Waals surface area contributed by atoms with Crippen molar-refractivity contribution in [3.05, 3.63) is 46.7 Å². The highest BCUT2D eigenvalue weighted by molar-refractivity contribution is 6.31. The standard InChI is InChI=1S/C14H15ClN2O3/c1-9(2)17-7-12(6-16-17)20-8-11-4-3-10(14(18)19)5-13(11)15/h3-7,9H,8H2,1-2H3,(H,18,19). The van der Waals surface area contributed by atoms with Crippen molar-refractivity contribution >= 4 is 17.6 Å². The van der Waals surface area contributed by atoms with Crippen molar-refractivity contribution in [1.82, 2.24) is 9.78 Å². The molecule has 0 spiro atoms. The van der Waals surface area contributed by atoms with Gasteiger partial charge in [0, 0.05) is 16.6 Å². The van der Waals surface area contributed by atoms with Gasteiger partial charge in [0.25, 0.3) is 0 Å². The van der Waals surface area contributed by atoms with Crippen LogP contribution < -0.4 is 4.74 Å². The Labute approximate surface area is 121 Å². The number of rotatable bonds is 5. The van der Waals surface area contributed by atoms with Crippen molar-refractivity contribution in [3.63, 3.8) is 0 Å². The van der Waals surface area contributed by atoms with Crippen LogP contribution in [0.15, 0.2) is 30.6 Å². The molecule has 0 radical (unpaired) electrons. The van der Waals surface area contributed by atoms with E-state index in [1.165, 1.54) is 12.1 Å². The van der Waals surface area contributed by atoms with Crippen LogP contribution in [-0.2, 0) is 6.61 Å².